The third kappa shape index (κ3) is 6.66. The first-order valence-corrected chi connectivity index (χ1v) is 9.54. The van der Waals surface area contributed by atoms with Crippen LogP contribution < -0.4 is 15.8 Å². The summed E-state index contributed by atoms with van der Waals surface area (Å²) >= 11 is 0. The smallest absolute Gasteiger partial charge is 0.238 e. The Hall–Kier alpha value is -2.22. The highest BCUT2D eigenvalue weighted by Crippen LogP contribution is 2.08. The molecule has 0 bridgehead atoms. The molecule has 1 amide bonds. The van der Waals surface area contributed by atoms with Crippen LogP contribution in [-0.4, -0.2) is 27.4 Å². The van der Waals surface area contributed by atoms with Crippen molar-refractivity contribution in [1.29, 1.82) is 0 Å². The third-order valence-corrected chi connectivity index (χ3v) is 4.67. The SMILES string of the molecule is Cc1ccc(CNC(=O)CNCCc2ccc(S(N)(=O)=O)cc2)cc1. The van der Waals surface area contributed by atoms with Gasteiger partial charge in [-0.15, -0.1) is 0 Å². The molecule has 0 saturated carbocycles. The van der Waals surface area contributed by atoms with Crippen molar-refractivity contribution in [3.8, 4) is 0 Å². The molecular weight excluding hydrogens is 338 g/mol. The Labute approximate surface area is 148 Å². The van der Waals surface area contributed by atoms with Gasteiger partial charge in [-0.05, 0) is 43.1 Å². The van der Waals surface area contributed by atoms with E-state index >= 15 is 0 Å². The molecule has 2 aromatic rings. The van der Waals surface area contributed by atoms with Crippen LogP contribution in [0.15, 0.2) is 53.4 Å². The van der Waals surface area contributed by atoms with Crippen molar-refractivity contribution in [2.75, 3.05) is 13.1 Å². The van der Waals surface area contributed by atoms with E-state index in [9.17, 15) is 13.2 Å². The zero-order chi connectivity index (χ0) is 18.3. The quantitative estimate of drug-likeness (QED) is 0.613. The average molecular weight is 361 g/mol. The van der Waals surface area contributed by atoms with Crippen molar-refractivity contribution < 1.29 is 13.2 Å². The van der Waals surface area contributed by atoms with E-state index in [0.29, 0.717) is 19.5 Å². The van der Waals surface area contributed by atoms with Crippen LogP contribution in [0.3, 0.4) is 0 Å². The van der Waals surface area contributed by atoms with Crippen molar-refractivity contribution in [2.45, 2.75) is 24.8 Å². The first-order valence-electron chi connectivity index (χ1n) is 7.99. The highest BCUT2D eigenvalue weighted by atomic mass is 32.2. The molecule has 0 aliphatic rings. The maximum atomic E-state index is 11.8. The van der Waals surface area contributed by atoms with Crippen molar-refractivity contribution in [2.24, 2.45) is 5.14 Å². The van der Waals surface area contributed by atoms with Gasteiger partial charge in [-0.2, -0.15) is 0 Å². The number of rotatable bonds is 8. The van der Waals surface area contributed by atoms with Crippen LogP contribution in [0, 0.1) is 6.92 Å². The number of hydrogen-bond acceptors (Lipinski definition) is 4. The number of nitrogens with two attached hydrogens (primary N) is 1. The van der Waals surface area contributed by atoms with E-state index in [1.165, 1.54) is 17.7 Å². The van der Waals surface area contributed by atoms with Gasteiger partial charge in [-0.25, -0.2) is 13.6 Å². The second-order valence-electron chi connectivity index (χ2n) is 5.88. The lowest BCUT2D eigenvalue weighted by molar-refractivity contribution is -0.120. The summed E-state index contributed by atoms with van der Waals surface area (Å²) in [5.74, 6) is -0.0647. The van der Waals surface area contributed by atoms with E-state index < -0.39 is 10.0 Å². The van der Waals surface area contributed by atoms with Gasteiger partial charge in [0.05, 0.1) is 11.4 Å². The van der Waals surface area contributed by atoms with E-state index in [1.807, 2.05) is 31.2 Å². The molecule has 0 fully saturated rings. The van der Waals surface area contributed by atoms with Crippen LogP contribution in [-0.2, 0) is 27.8 Å². The Bertz CT molecular complexity index is 800. The van der Waals surface area contributed by atoms with Crippen molar-refractivity contribution >= 4 is 15.9 Å². The van der Waals surface area contributed by atoms with Crippen LogP contribution in [0.4, 0.5) is 0 Å². The van der Waals surface area contributed by atoms with Gasteiger partial charge in [0.25, 0.3) is 0 Å². The summed E-state index contributed by atoms with van der Waals surface area (Å²) in [7, 11) is -3.66. The number of nitrogens with one attached hydrogen (secondary N) is 2. The maximum Gasteiger partial charge on any atom is 0.238 e. The number of hydrogen-bond donors (Lipinski definition) is 3. The second-order valence-corrected chi connectivity index (χ2v) is 7.44. The van der Waals surface area contributed by atoms with E-state index in [-0.39, 0.29) is 17.3 Å². The Kier molecular flexibility index (Phi) is 6.69. The summed E-state index contributed by atoms with van der Waals surface area (Å²) < 4.78 is 22.4. The average Bonchev–Trinajstić information content (AvgIpc) is 2.58. The predicted octanol–water partition coefficient (Wildman–Crippen LogP) is 1.09. The molecule has 7 heteroatoms. The zero-order valence-electron chi connectivity index (χ0n) is 14.2. The van der Waals surface area contributed by atoms with E-state index in [2.05, 4.69) is 10.6 Å². The van der Waals surface area contributed by atoms with Crippen LogP contribution in [0.5, 0.6) is 0 Å². The predicted molar refractivity (Wildman–Crippen MR) is 97.4 cm³/mol. The molecule has 0 aromatic heterocycles. The molecular formula is C18H23N3O3S. The zero-order valence-corrected chi connectivity index (χ0v) is 15.0. The Morgan fingerprint density at radius 3 is 2.20 bits per heavy atom. The fourth-order valence-electron chi connectivity index (χ4n) is 2.25. The van der Waals surface area contributed by atoms with Crippen LogP contribution in [0.1, 0.15) is 16.7 Å². The van der Waals surface area contributed by atoms with Gasteiger partial charge in [0.1, 0.15) is 0 Å². The molecule has 4 N–H and O–H groups in total. The van der Waals surface area contributed by atoms with Gasteiger partial charge in [0, 0.05) is 6.54 Å². The number of amides is 1. The molecule has 0 spiro atoms. The minimum absolute atomic E-state index is 0.0647. The van der Waals surface area contributed by atoms with Crippen LogP contribution >= 0.6 is 0 Å². The first-order chi connectivity index (χ1) is 11.8. The molecule has 0 aliphatic carbocycles. The number of sulfonamides is 1. The number of primary sulfonamides is 1. The number of aryl methyl sites for hydroxylation is 1. The fraction of sp³-hybridized carbons (Fsp3) is 0.278. The van der Waals surface area contributed by atoms with Gasteiger partial charge < -0.3 is 10.6 Å². The maximum absolute atomic E-state index is 11.8. The summed E-state index contributed by atoms with van der Waals surface area (Å²) in [6, 6.07) is 14.4. The summed E-state index contributed by atoms with van der Waals surface area (Å²) in [4.78, 5) is 11.9. The lowest BCUT2D eigenvalue weighted by atomic mass is 10.1. The fourth-order valence-corrected chi connectivity index (χ4v) is 2.76. The van der Waals surface area contributed by atoms with Crippen molar-refractivity contribution in [3.63, 3.8) is 0 Å². The second kappa shape index (κ2) is 8.75. The van der Waals surface area contributed by atoms with Gasteiger partial charge >= 0.3 is 0 Å². The minimum Gasteiger partial charge on any atom is -0.351 e. The monoisotopic (exact) mass is 361 g/mol. The highest BCUT2D eigenvalue weighted by Gasteiger charge is 2.06. The van der Waals surface area contributed by atoms with Gasteiger partial charge in [0.15, 0.2) is 0 Å². The summed E-state index contributed by atoms with van der Waals surface area (Å²) in [6.07, 6.45) is 0.691. The molecule has 2 aromatic carbocycles. The molecule has 0 saturated heterocycles. The molecule has 0 radical (unpaired) electrons. The normalized spacial score (nSPS) is 11.3. The number of carbonyl (C=O) groups is 1. The number of carbonyl (C=O) groups excluding carboxylic acids is 1. The standard InChI is InChI=1S/C18H23N3O3S/c1-14-2-4-16(5-3-14)12-21-18(22)13-20-11-10-15-6-8-17(9-7-15)25(19,23)24/h2-9,20H,10-13H2,1H3,(H,21,22)(H2,19,23,24). The lowest BCUT2D eigenvalue weighted by Crippen LogP contribution is -2.34. The molecule has 25 heavy (non-hydrogen) atoms. The van der Waals surface area contributed by atoms with Gasteiger partial charge in [-0.3, -0.25) is 4.79 Å². The van der Waals surface area contributed by atoms with Crippen molar-refractivity contribution in [3.05, 3.63) is 65.2 Å². The largest absolute Gasteiger partial charge is 0.351 e. The molecule has 2 rings (SSSR count). The molecule has 0 atom stereocenters. The molecule has 0 aliphatic heterocycles. The van der Waals surface area contributed by atoms with E-state index in [0.717, 1.165) is 11.1 Å². The Morgan fingerprint density at radius 2 is 1.60 bits per heavy atom. The highest BCUT2D eigenvalue weighted by molar-refractivity contribution is 7.89. The minimum atomic E-state index is -3.66. The topological polar surface area (TPSA) is 101 Å². The third-order valence-electron chi connectivity index (χ3n) is 3.74. The molecule has 0 heterocycles. The van der Waals surface area contributed by atoms with Crippen molar-refractivity contribution in [1.82, 2.24) is 10.6 Å². The summed E-state index contributed by atoms with van der Waals surface area (Å²) in [6.45, 7) is 3.39. The Balaban J connectivity index is 1.66. The van der Waals surface area contributed by atoms with Gasteiger partial charge in [-0.1, -0.05) is 42.0 Å². The summed E-state index contributed by atoms with van der Waals surface area (Å²) in [5.41, 5.74) is 3.22. The van der Waals surface area contributed by atoms with Crippen LogP contribution in [0.25, 0.3) is 0 Å². The van der Waals surface area contributed by atoms with Gasteiger partial charge in [0.2, 0.25) is 15.9 Å². The summed E-state index contributed by atoms with van der Waals surface area (Å²) in [5, 5.41) is 11.0. The molecule has 134 valence electrons. The first kappa shape index (κ1) is 19.1. The van der Waals surface area contributed by atoms with E-state index in [4.69, 9.17) is 5.14 Å². The molecule has 6 nitrogen and oxygen atoms in total. The van der Waals surface area contributed by atoms with Crippen LogP contribution in [0.2, 0.25) is 0 Å². The lowest BCUT2D eigenvalue weighted by Gasteiger charge is -2.08. The number of benzene rings is 2. The molecule has 0 unspecified atom stereocenters. The van der Waals surface area contributed by atoms with E-state index in [1.54, 1.807) is 12.1 Å². The Morgan fingerprint density at radius 1 is 1.00 bits per heavy atom.